The van der Waals surface area contributed by atoms with Crippen LogP contribution in [-0.4, -0.2) is 23.0 Å². The monoisotopic (exact) mass is 307 g/mol. The maximum atomic E-state index is 13.2. The van der Waals surface area contributed by atoms with Gasteiger partial charge in [0.2, 0.25) is 0 Å². The van der Waals surface area contributed by atoms with E-state index in [1.165, 1.54) is 23.5 Å². The van der Waals surface area contributed by atoms with E-state index in [-0.39, 0.29) is 17.8 Å². The predicted molar refractivity (Wildman–Crippen MR) is 78.0 cm³/mol. The fraction of sp³-hybridized carbons (Fsp3) is 0.333. The van der Waals surface area contributed by atoms with Gasteiger partial charge in [0.15, 0.2) is 0 Å². The molecule has 2 N–H and O–H groups in total. The molecule has 1 aromatic heterocycles. The van der Waals surface area contributed by atoms with E-state index < -0.39 is 11.9 Å². The van der Waals surface area contributed by atoms with E-state index in [1.807, 2.05) is 0 Å². The molecule has 1 aliphatic rings. The van der Waals surface area contributed by atoms with Gasteiger partial charge in [-0.15, -0.1) is 11.3 Å². The number of carbonyl (C=O) groups excluding carboxylic acids is 1. The molecular formula is C15H14FNO3S. The van der Waals surface area contributed by atoms with E-state index in [0.717, 1.165) is 11.1 Å². The van der Waals surface area contributed by atoms with Crippen molar-refractivity contribution in [2.24, 2.45) is 5.92 Å². The molecule has 3 rings (SSSR count). The zero-order chi connectivity index (χ0) is 15.0. The van der Waals surface area contributed by atoms with Gasteiger partial charge in [-0.2, -0.15) is 0 Å². The molecule has 2 unspecified atom stereocenters. The summed E-state index contributed by atoms with van der Waals surface area (Å²) < 4.78 is 14.0. The van der Waals surface area contributed by atoms with Crippen molar-refractivity contribution >= 4 is 33.3 Å². The number of carboxylic acid groups (broad SMARTS) is 1. The minimum Gasteiger partial charge on any atom is -0.481 e. The summed E-state index contributed by atoms with van der Waals surface area (Å²) in [6.45, 7) is 0. The van der Waals surface area contributed by atoms with Crippen LogP contribution in [0.25, 0.3) is 10.1 Å². The summed E-state index contributed by atoms with van der Waals surface area (Å²) in [6, 6.07) is 5.71. The van der Waals surface area contributed by atoms with Crippen molar-refractivity contribution in [3.8, 4) is 0 Å². The second-order valence-electron chi connectivity index (χ2n) is 5.25. The summed E-state index contributed by atoms with van der Waals surface area (Å²) in [5.74, 6) is -2.00. The van der Waals surface area contributed by atoms with Gasteiger partial charge in [0.05, 0.1) is 10.8 Å². The molecule has 0 spiro atoms. The normalized spacial score (nSPS) is 21.6. The van der Waals surface area contributed by atoms with Crippen molar-refractivity contribution < 1.29 is 19.1 Å². The summed E-state index contributed by atoms with van der Waals surface area (Å²) in [7, 11) is 0. The number of thiophene rings is 1. The molecule has 110 valence electrons. The largest absolute Gasteiger partial charge is 0.481 e. The molecule has 0 saturated heterocycles. The number of rotatable bonds is 3. The van der Waals surface area contributed by atoms with Gasteiger partial charge in [-0.1, -0.05) is 6.42 Å². The molecule has 1 aromatic carbocycles. The van der Waals surface area contributed by atoms with E-state index in [4.69, 9.17) is 5.11 Å². The molecule has 1 saturated carbocycles. The summed E-state index contributed by atoms with van der Waals surface area (Å²) in [4.78, 5) is 23.8. The lowest BCUT2D eigenvalue weighted by atomic mass is 10.0. The number of aliphatic carboxylic acids is 1. The van der Waals surface area contributed by atoms with Gasteiger partial charge in [-0.25, -0.2) is 4.39 Å². The van der Waals surface area contributed by atoms with Crippen LogP contribution < -0.4 is 5.32 Å². The Morgan fingerprint density at radius 3 is 2.86 bits per heavy atom. The van der Waals surface area contributed by atoms with E-state index in [0.29, 0.717) is 23.1 Å². The second-order valence-corrected chi connectivity index (χ2v) is 6.33. The van der Waals surface area contributed by atoms with Crippen molar-refractivity contribution in [1.82, 2.24) is 5.32 Å². The standard InChI is InChI=1S/C15H14FNO3S/c16-9-4-5-12-8(6-9)7-13(21-12)14(18)17-11-3-1-2-10(11)15(19)20/h4-7,10-11H,1-3H2,(H,17,18)(H,19,20). The van der Waals surface area contributed by atoms with Crippen LogP contribution in [0.5, 0.6) is 0 Å². The summed E-state index contributed by atoms with van der Waals surface area (Å²) >= 11 is 1.28. The molecule has 1 amide bonds. The van der Waals surface area contributed by atoms with Crippen LogP contribution in [0.4, 0.5) is 4.39 Å². The lowest BCUT2D eigenvalue weighted by molar-refractivity contribution is -0.142. The van der Waals surface area contributed by atoms with Crippen molar-refractivity contribution in [3.63, 3.8) is 0 Å². The minimum absolute atomic E-state index is 0.283. The number of halogens is 1. The number of carboxylic acids is 1. The molecule has 0 aliphatic heterocycles. The van der Waals surface area contributed by atoms with Gasteiger partial charge in [0.25, 0.3) is 5.91 Å². The molecule has 1 aliphatic carbocycles. The number of carbonyl (C=O) groups is 2. The summed E-state index contributed by atoms with van der Waals surface area (Å²) in [5.41, 5.74) is 0. The van der Waals surface area contributed by atoms with Gasteiger partial charge in [-0.3, -0.25) is 9.59 Å². The summed E-state index contributed by atoms with van der Waals surface area (Å²) in [6.07, 6.45) is 2.08. The topological polar surface area (TPSA) is 66.4 Å². The van der Waals surface area contributed by atoms with Gasteiger partial charge in [-0.05, 0) is 42.5 Å². The molecule has 2 aromatic rings. The van der Waals surface area contributed by atoms with E-state index in [9.17, 15) is 14.0 Å². The minimum atomic E-state index is -0.865. The Kier molecular flexibility index (Phi) is 3.63. The number of hydrogen-bond acceptors (Lipinski definition) is 3. The number of hydrogen-bond donors (Lipinski definition) is 2. The Labute approximate surface area is 124 Å². The molecule has 2 atom stereocenters. The van der Waals surface area contributed by atoms with Crippen molar-refractivity contribution in [2.45, 2.75) is 25.3 Å². The van der Waals surface area contributed by atoms with E-state index >= 15 is 0 Å². The van der Waals surface area contributed by atoms with Gasteiger partial charge in [0.1, 0.15) is 5.82 Å². The van der Waals surface area contributed by atoms with Crippen molar-refractivity contribution in [2.75, 3.05) is 0 Å². The Hall–Kier alpha value is -1.95. The fourth-order valence-corrected chi connectivity index (χ4v) is 3.74. The third-order valence-electron chi connectivity index (χ3n) is 3.85. The first-order chi connectivity index (χ1) is 10.0. The Balaban J connectivity index is 1.79. The van der Waals surface area contributed by atoms with Crippen LogP contribution >= 0.6 is 11.3 Å². The van der Waals surface area contributed by atoms with Crippen molar-refractivity contribution in [3.05, 3.63) is 35.0 Å². The van der Waals surface area contributed by atoms with Gasteiger partial charge < -0.3 is 10.4 Å². The number of benzene rings is 1. The SMILES string of the molecule is O=C(NC1CCCC1C(=O)O)c1cc2cc(F)ccc2s1. The fourth-order valence-electron chi connectivity index (χ4n) is 2.79. The molecule has 4 nitrogen and oxygen atoms in total. The van der Waals surface area contributed by atoms with Crippen LogP contribution in [0.1, 0.15) is 28.9 Å². The molecule has 1 fully saturated rings. The number of amides is 1. The molecule has 6 heteroatoms. The number of fused-ring (bicyclic) bond motifs is 1. The first-order valence-electron chi connectivity index (χ1n) is 6.77. The Bertz CT molecular complexity index is 712. The maximum absolute atomic E-state index is 13.2. The second kappa shape index (κ2) is 5.44. The predicted octanol–water partition coefficient (Wildman–Crippen LogP) is 3.02. The lowest BCUT2D eigenvalue weighted by Gasteiger charge is -2.16. The highest BCUT2D eigenvalue weighted by Crippen LogP contribution is 2.29. The van der Waals surface area contributed by atoms with Gasteiger partial charge >= 0.3 is 5.97 Å². The van der Waals surface area contributed by atoms with E-state index in [2.05, 4.69) is 5.32 Å². The Morgan fingerprint density at radius 1 is 1.29 bits per heavy atom. The molecule has 0 radical (unpaired) electrons. The van der Waals surface area contributed by atoms with Crippen LogP contribution in [0.3, 0.4) is 0 Å². The highest BCUT2D eigenvalue weighted by Gasteiger charge is 2.34. The van der Waals surface area contributed by atoms with Crippen LogP contribution in [0, 0.1) is 11.7 Å². The molecule has 0 bridgehead atoms. The highest BCUT2D eigenvalue weighted by atomic mass is 32.1. The molecular weight excluding hydrogens is 293 g/mol. The van der Waals surface area contributed by atoms with Crippen LogP contribution in [0.15, 0.2) is 24.3 Å². The van der Waals surface area contributed by atoms with Crippen LogP contribution in [-0.2, 0) is 4.79 Å². The first-order valence-corrected chi connectivity index (χ1v) is 7.59. The van der Waals surface area contributed by atoms with Gasteiger partial charge in [0, 0.05) is 10.7 Å². The third kappa shape index (κ3) is 2.76. The average Bonchev–Trinajstić information content (AvgIpc) is 3.04. The third-order valence-corrected chi connectivity index (χ3v) is 4.97. The Morgan fingerprint density at radius 2 is 2.10 bits per heavy atom. The maximum Gasteiger partial charge on any atom is 0.308 e. The lowest BCUT2D eigenvalue weighted by Crippen LogP contribution is -2.39. The summed E-state index contributed by atoms with van der Waals surface area (Å²) in [5, 5.41) is 12.6. The van der Waals surface area contributed by atoms with Crippen molar-refractivity contribution in [1.29, 1.82) is 0 Å². The first kappa shape index (κ1) is 14.0. The van der Waals surface area contributed by atoms with Crippen LogP contribution in [0.2, 0.25) is 0 Å². The zero-order valence-electron chi connectivity index (χ0n) is 11.1. The smallest absolute Gasteiger partial charge is 0.308 e. The number of nitrogens with one attached hydrogen (secondary N) is 1. The average molecular weight is 307 g/mol. The zero-order valence-corrected chi connectivity index (χ0v) is 12.0. The molecule has 21 heavy (non-hydrogen) atoms. The molecule has 1 heterocycles. The van der Waals surface area contributed by atoms with E-state index in [1.54, 1.807) is 12.1 Å². The quantitative estimate of drug-likeness (QED) is 0.916. The highest BCUT2D eigenvalue weighted by molar-refractivity contribution is 7.20.